The van der Waals surface area contributed by atoms with E-state index in [2.05, 4.69) is 17.5 Å². The number of esters is 1. The lowest BCUT2D eigenvalue weighted by atomic mass is 9.99. The number of carbonyl (C=O) groups is 3. The Morgan fingerprint density at radius 2 is 1.90 bits per heavy atom. The number of aryl methyl sites for hydroxylation is 1. The van der Waals surface area contributed by atoms with E-state index in [1.165, 1.54) is 11.6 Å². The molecule has 0 aromatic heterocycles. The van der Waals surface area contributed by atoms with Crippen LogP contribution in [0.1, 0.15) is 17.5 Å². The lowest BCUT2D eigenvalue weighted by Gasteiger charge is -2.31. The Kier molecular flexibility index (Phi) is 7.97. The van der Waals surface area contributed by atoms with E-state index in [9.17, 15) is 14.4 Å². The molecule has 2 rings (SSSR count). The van der Waals surface area contributed by atoms with Crippen molar-refractivity contribution in [3.05, 3.63) is 71.9 Å². The number of nitrogens with zero attached hydrogens (tertiary/aromatic N) is 1. The SMILES string of the molecule is C=CC(=O)OCCN1CCCc2cc(/C=C/C=C/C=C(C(=O)O)C(=O)O)ccc21. The molecule has 0 radical (unpaired) electrons. The van der Waals surface area contributed by atoms with Crippen molar-refractivity contribution in [1.29, 1.82) is 0 Å². The number of anilines is 1. The number of hydrogen-bond acceptors (Lipinski definition) is 5. The van der Waals surface area contributed by atoms with E-state index in [0.29, 0.717) is 13.2 Å². The van der Waals surface area contributed by atoms with Crippen LogP contribution in [0.25, 0.3) is 6.08 Å². The molecule has 0 saturated carbocycles. The number of carboxylic acid groups (broad SMARTS) is 2. The summed E-state index contributed by atoms with van der Waals surface area (Å²) < 4.78 is 5.06. The maximum atomic E-state index is 11.2. The molecule has 0 saturated heterocycles. The van der Waals surface area contributed by atoms with Crippen molar-refractivity contribution < 1.29 is 29.3 Å². The standard InChI is InChI=1S/C22H23NO6/c1-2-20(24)29-14-13-23-12-6-8-17-15-16(10-11-19(17)23)7-4-3-5-9-18(21(25)26)22(27)28/h2-5,7,9-11,15H,1,6,8,12-14H2,(H,25,26)(H,27,28)/b5-3+,7-4+. The van der Waals surface area contributed by atoms with E-state index >= 15 is 0 Å². The van der Waals surface area contributed by atoms with Gasteiger partial charge in [0.25, 0.3) is 0 Å². The summed E-state index contributed by atoms with van der Waals surface area (Å²) in [6.45, 7) is 5.20. The van der Waals surface area contributed by atoms with Crippen LogP contribution in [0.2, 0.25) is 0 Å². The second-order valence-corrected chi connectivity index (χ2v) is 6.29. The van der Waals surface area contributed by atoms with Crippen LogP contribution in [0.4, 0.5) is 5.69 Å². The van der Waals surface area contributed by atoms with Gasteiger partial charge >= 0.3 is 17.9 Å². The summed E-state index contributed by atoms with van der Waals surface area (Å²) in [4.78, 5) is 34.9. The molecule has 0 atom stereocenters. The molecule has 1 aliphatic rings. The first kappa shape index (κ1) is 21.7. The van der Waals surface area contributed by atoms with Crippen molar-refractivity contribution in [3.63, 3.8) is 0 Å². The van der Waals surface area contributed by atoms with Crippen LogP contribution in [0.3, 0.4) is 0 Å². The smallest absolute Gasteiger partial charge is 0.343 e. The van der Waals surface area contributed by atoms with E-state index in [-0.39, 0.29) is 0 Å². The highest BCUT2D eigenvalue weighted by molar-refractivity contribution is 6.12. The van der Waals surface area contributed by atoms with Gasteiger partial charge in [-0.05, 0) is 42.2 Å². The molecule has 152 valence electrons. The lowest BCUT2D eigenvalue weighted by molar-refractivity contribution is -0.140. The lowest BCUT2D eigenvalue weighted by Crippen LogP contribution is -2.32. The van der Waals surface area contributed by atoms with Gasteiger partial charge < -0.3 is 19.8 Å². The third-order valence-corrected chi connectivity index (χ3v) is 4.33. The van der Waals surface area contributed by atoms with Gasteiger partial charge in [0.05, 0.1) is 6.54 Å². The van der Waals surface area contributed by atoms with Gasteiger partial charge in [-0.25, -0.2) is 14.4 Å². The Morgan fingerprint density at radius 1 is 1.14 bits per heavy atom. The van der Waals surface area contributed by atoms with Crippen molar-refractivity contribution in [3.8, 4) is 0 Å². The molecule has 0 amide bonds. The van der Waals surface area contributed by atoms with Crippen LogP contribution in [0.15, 0.2) is 60.7 Å². The largest absolute Gasteiger partial charge is 0.477 e. The van der Waals surface area contributed by atoms with Gasteiger partial charge in [0, 0.05) is 18.3 Å². The van der Waals surface area contributed by atoms with Gasteiger partial charge in [-0.2, -0.15) is 0 Å². The van der Waals surface area contributed by atoms with Crippen LogP contribution >= 0.6 is 0 Å². The number of fused-ring (bicyclic) bond motifs is 1. The average molecular weight is 397 g/mol. The third kappa shape index (κ3) is 6.49. The van der Waals surface area contributed by atoms with Gasteiger partial charge in [-0.1, -0.05) is 36.9 Å². The first-order chi connectivity index (χ1) is 13.9. The number of hydrogen-bond donors (Lipinski definition) is 2. The summed E-state index contributed by atoms with van der Waals surface area (Å²) in [7, 11) is 0. The predicted octanol–water partition coefficient (Wildman–Crippen LogP) is 2.83. The number of ether oxygens (including phenoxy) is 1. The van der Waals surface area contributed by atoms with Crippen LogP contribution < -0.4 is 4.90 Å². The first-order valence-corrected chi connectivity index (χ1v) is 9.11. The normalized spacial score (nSPS) is 13.2. The monoisotopic (exact) mass is 397 g/mol. The quantitative estimate of drug-likeness (QED) is 0.217. The number of benzene rings is 1. The molecule has 1 heterocycles. The van der Waals surface area contributed by atoms with Crippen molar-refractivity contribution >= 4 is 29.7 Å². The van der Waals surface area contributed by atoms with Gasteiger partial charge in [0.1, 0.15) is 12.2 Å². The highest BCUT2D eigenvalue weighted by Gasteiger charge is 2.17. The summed E-state index contributed by atoms with van der Waals surface area (Å²) in [5, 5.41) is 17.5. The van der Waals surface area contributed by atoms with E-state index in [1.54, 1.807) is 12.2 Å². The second kappa shape index (κ2) is 10.7. The van der Waals surface area contributed by atoms with Crippen LogP contribution in [-0.2, 0) is 25.5 Å². The topological polar surface area (TPSA) is 104 Å². The molecule has 1 aliphatic heterocycles. The highest BCUT2D eigenvalue weighted by atomic mass is 16.5. The molecular formula is C22H23NO6. The second-order valence-electron chi connectivity index (χ2n) is 6.29. The van der Waals surface area contributed by atoms with E-state index in [4.69, 9.17) is 14.9 Å². The Morgan fingerprint density at radius 3 is 2.59 bits per heavy atom. The molecule has 29 heavy (non-hydrogen) atoms. The first-order valence-electron chi connectivity index (χ1n) is 9.11. The summed E-state index contributed by atoms with van der Waals surface area (Å²) in [6, 6.07) is 6.07. The number of aliphatic carboxylic acids is 2. The maximum absolute atomic E-state index is 11.2. The molecule has 0 spiro atoms. The molecule has 7 heteroatoms. The maximum Gasteiger partial charge on any atom is 0.343 e. The molecule has 0 bridgehead atoms. The Bertz CT molecular complexity index is 865. The van der Waals surface area contributed by atoms with Crippen LogP contribution in [0.5, 0.6) is 0 Å². The minimum absolute atomic E-state index is 0.304. The minimum atomic E-state index is -1.48. The van der Waals surface area contributed by atoms with Crippen LogP contribution in [-0.4, -0.2) is 47.8 Å². The van der Waals surface area contributed by atoms with E-state index < -0.39 is 23.5 Å². The zero-order valence-electron chi connectivity index (χ0n) is 15.9. The fourth-order valence-electron chi connectivity index (χ4n) is 2.96. The fourth-order valence-corrected chi connectivity index (χ4v) is 2.96. The molecule has 0 fully saturated rings. The Labute approximate surface area is 168 Å². The average Bonchev–Trinajstić information content (AvgIpc) is 2.69. The Balaban J connectivity index is 2.01. The molecule has 7 nitrogen and oxygen atoms in total. The van der Waals surface area contributed by atoms with Gasteiger partial charge in [-0.3, -0.25) is 0 Å². The van der Waals surface area contributed by atoms with Crippen molar-refractivity contribution in [2.45, 2.75) is 12.8 Å². The molecule has 1 aromatic carbocycles. The number of rotatable bonds is 9. The number of allylic oxidation sites excluding steroid dienone is 4. The molecular weight excluding hydrogens is 374 g/mol. The molecule has 0 aliphatic carbocycles. The zero-order chi connectivity index (χ0) is 21.2. The Hall–Kier alpha value is -3.61. The third-order valence-electron chi connectivity index (χ3n) is 4.33. The summed E-state index contributed by atoms with van der Waals surface area (Å²) in [5.41, 5.74) is 2.61. The predicted molar refractivity (Wildman–Crippen MR) is 110 cm³/mol. The number of carbonyl (C=O) groups excluding carboxylic acids is 1. The van der Waals surface area contributed by atoms with Gasteiger partial charge in [0.2, 0.25) is 0 Å². The molecule has 2 N–H and O–H groups in total. The summed E-state index contributed by atoms with van der Waals surface area (Å²) in [5.74, 6) is -3.39. The van der Waals surface area contributed by atoms with Gasteiger partial charge in [-0.15, -0.1) is 0 Å². The molecule has 0 unspecified atom stereocenters. The van der Waals surface area contributed by atoms with Crippen molar-refractivity contribution in [1.82, 2.24) is 0 Å². The summed E-state index contributed by atoms with van der Waals surface area (Å²) in [6.07, 6.45) is 10.7. The fraction of sp³-hybridized carbons (Fsp3) is 0.227. The molecule has 1 aromatic rings. The number of carboxylic acids is 2. The van der Waals surface area contributed by atoms with Crippen molar-refractivity contribution in [2.75, 3.05) is 24.6 Å². The van der Waals surface area contributed by atoms with E-state index in [1.807, 2.05) is 18.2 Å². The zero-order valence-corrected chi connectivity index (χ0v) is 15.9. The van der Waals surface area contributed by atoms with Crippen LogP contribution in [0, 0.1) is 0 Å². The van der Waals surface area contributed by atoms with E-state index in [0.717, 1.165) is 42.8 Å². The van der Waals surface area contributed by atoms with Crippen molar-refractivity contribution in [2.24, 2.45) is 0 Å². The minimum Gasteiger partial charge on any atom is -0.477 e. The summed E-state index contributed by atoms with van der Waals surface area (Å²) >= 11 is 0. The van der Waals surface area contributed by atoms with Gasteiger partial charge in [0.15, 0.2) is 0 Å². The highest BCUT2D eigenvalue weighted by Crippen LogP contribution is 2.28.